The quantitative estimate of drug-likeness (QED) is 0.727. The Bertz CT molecular complexity index is 692. The number of hydrogen-bond acceptors (Lipinski definition) is 5. The van der Waals surface area contributed by atoms with Gasteiger partial charge in [-0.2, -0.15) is 5.26 Å². The van der Waals surface area contributed by atoms with Crippen LogP contribution in [0.5, 0.6) is 0 Å². The van der Waals surface area contributed by atoms with E-state index in [4.69, 9.17) is 5.26 Å². The van der Waals surface area contributed by atoms with Crippen molar-refractivity contribution in [3.05, 3.63) is 41.7 Å². The van der Waals surface area contributed by atoms with E-state index in [9.17, 15) is 4.79 Å². The molecule has 0 saturated heterocycles. The lowest BCUT2D eigenvalue weighted by Crippen LogP contribution is -2.29. The van der Waals surface area contributed by atoms with Gasteiger partial charge in [-0.25, -0.2) is 0 Å². The van der Waals surface area contributed by atoms with Gasteiger partial charge in [-0.15, -0.1) is 10.2 Å². The maximum Gasteiger partial charge on any atom is 0.232 e. The number of amides is 1. The molecule has 2 aromatic rings. The minimum atomic E-state index is -0.0165. The normalized spacial score (nSPS) is 10.3. The molecule has 0 spiro atoms. The number of aryl methyl sites for hydroxylation is 1. The summed E-state index contributed by atoms with van der Waals surface area (Å²) < 4.78 is 2.00. The zero-order valence-electron chi connectivity index (χ0n) is 13.3. The first-order valence-electron chi connectivity index (χ1n) is 7.29. The highest BCUT2D eigenvalue weighted by Crippen LogP contribution is 2.18. The number of benzene rings is 1. The molecule has 1 aromatic heterocycles. The molecule has 120 valence electrons. The number of thioether (sulfide) groups is 1. The minimum absolute atomic E-state index is 0.0165. The van der Waals surface area contributed by atoms with E-state index < -0.39 is 0 Å². The highest BCUT2D eigenvalue weighted by Gasteiger charge is 2.14. The third-order valence-corrected chi connectivity index (χ3v) is 4.35. The van der Waals surface area contributed by atoms with E-state index in [1.54, 1.807) is 11.9 Å². The van der Waals surface area contributed by atoms with E-state index in [2.05, 4.69) is 22.3 Å². The Morgan fingerprint density at radius 1 is 1.35 bits per heavy atom. The Morgan fingerprint density at radius 3 is 2.78 bits per heavy atom. The topological polar surface area (TPSA) is 74.8 Å². The summed E-state index contributed by atoms with van der Waals surface area (Å²) in [6, 6.07) is 12.1. The third kappa shape index (κ3) is 4.83. The Kier molecular flexibility index (Phi) is 6.18. The molecule has 0 atom stereocenters. The zero-order chi connectivity index (χ0) is 16.7. The van der Waals surface area contributed by atoms with Crippen molar-refractivity contribution in [1.82, 2.24) is 19.7 Å². The van der Waals surface area contributed by atoms with E-state index >= 15 is 0 Å². The van der Waals surface area contributed by atoms with Crippen molar-refractivity contribution in [1.29, 1.82) is 5.26 Å². The lowest BCUT2D eigenvalue weighted by molar-refractivity contribution is -0.127. The Labute approximate surface area is 140 Å². The standard InChI is InChI=1S/C16H19N5OS/c1-13-18-19-16(21(13)11-14-7-4-3-5-8-14)23-12-15(22)20(2)10-6-9-17/h3-5,7-8H,6,10-12H2,1-2H3. The largest absolute Gasteiger partial charge is 0.344 e. The molecule has 1 heterocycles. The fourth-order valence-corrected chi connectivity index (χ4v) is 2.92. The molecule has 0 aliphatic rings. The summed E-state index contributed by atoms with van der Waals surface area (Å²) in [5.74, 6) is 1.09. The number of carbonyl (C=O) groups excluding carboxylic acids is 1. The van der Waals surface area contributed by atoms with Crippen LogP contribution in [0.2, 0.25) is 0 Å². The summed E-state index contributed by atoms with van der Waals surface area (Å²) in [5, 5.41) is 17.6. The SMILES string of the molecule is Cc1nnc(SCC(=O)N(C)CCC#N)n1Cc1ccccc1. The molecular formula is C16H19N5OS. The molecule has 2 rings (SSSR count). The van der Waals surface area contributed by atoms with Gasteiger partial charge in [0, 0.05) is 13.6 Å². The molecule has 0 radical (unpaired) electrons. The van der Waals surface area contributed by atoms with Crippen LogP contribution >= 0.6 is 11.8 Å². The van der Waals surface area contributed by atoms with E-state index in [1.165, 1.54) is 11.8 Å². The molecule has 6 nitrogen and oxygen atoms in total. The predicted molar refractivity (Wildman–Crippen MR) is 88.9 cm³/mol. The summed E-state index contributed by atoms with van der Waals surface area (Å²) in [6.07, 6.45) is 0.343. The first-order chi connectivity index (χ1) is 11.1. The van der Waals surface area contributed by atoms with E-state index in [0.717, 1.165) is 16.5 Å². The van der Waals surface area contributed by atoms with Crippen LogP contribution < -0.4 is 0 Å². The van der Waals surface area contributed by atoms with Crippen LogP contribution in [0.15, 0.2) is 35.5 Å². The van der Waals surface area contributed by atoms with Crippen LogP contribution in [0.3, 0.4) is 0 Å². The Hall–Kier alpha value is -2.33. The second-order valence-electron chi connectivity index (χ2n) is 5.11. The fourth-order valence-electron chi connectivity index (χ4n) is 2.00. The van der Waals surface area contributed by atoms with Gasteiger partial charge in [0.25, 0.3) is 0 Å². The molecule has 0 fully saturated rings. The zero-order valence-corrected chi connectivity index (χ0v) is 14.1. The average molecular weight is 329 g/mol. The molecule has 7 heteroatoms. The number of nitriles is 1. The van der Waals surface area contributed by atoms with Crippen molar-refractivity contribution in [2.45, 2.75) is 25.0 Å². The molecule has 0 saturated carbocycles. The summed E-state index contributed by atoms with van der Waals surface area (Å²) in [6.45, 7) is 3.03. The van der Waals surface area contributed by atoms with Gasteiger partial charge in [0.05, 0.1) is 24.8 Å². The van der Waals surface area contributed by atoms with Crippen molar-refractivity contribution in [2.75, 3.05) is 19.3 Å². The van der Waals surface area contributed by atoms with Crippen molar-refractivity contribution >= 4 is 17.7 Å². The Morgan fingerprint density at radius 2 is 2.09 bits per heavy atom. The fraction of sp³-hybridized carbons (Fsp3) is 0.375. The molecular weight excluding hydrogens is 310 g/mol. The lowest BCUT2D eigenvalue weighted by atomic mass is 10.2. The third-order valence-electron chi connectivity index (χ3n) is 3.39. The molecule has 0 aliphatic heterocycles. The first kappa shape index (κ1) is 17.0. The average Bonchev–Trinajstić information content (AvgIpc) is 2.91. The molecule has 0 bridgehead atoms. The van der Waals surface area contributed by atoms with Gasteiger partial charge in [0.2, 0.25) is 5.91 Å². The highest BCUT2D eigenvalue weighted by atomic mass is 32.2. The van der Waals surface area contributed by atoms with E-state index in [0.29, 0.717) is 19.5 Å². The van der Waals surface area contributed by atoms with Gasteiger partial charge in [-0.3, -0.25) is 4.79 Å². The van der Waals surface area contributed by atoms with Crippen LogP contribution in [-0.2, 0) is 11.3 Å². The number of hydrogen-bond donors (Lipinski definition) is 0. The second kappa shape index (κ2) is 8.34. The van der Waals surface area contributed by atoms with Gasteiger partial charge < -0.3 is 9.47 Å². The van der Waals surface area contributed by atoms with Gasteiger partial charge in [0.1, 0.15) is 5.82 Å². The summed E-state index contributed by atoms with van der Waals surface area (Å²) in [4.78, 5) is 13.6. The monoisotopic (exact) mass is 329 g/mol. The van der Waals surface area contributed by atoms with E-state index in [-0.39, 0.29) is 11.7 Å². The summed E-state index contributed by atoms with van der Waals surface area (Å²) in [7, 11) is 1.71. The van der Waals surface area contributed by atoms with Crippen molar-refractivity contribution in [3.63, 3.8) is 0 Å². The molecule has 0 N–H and O–H groups in total. The molecule has 1 aromatic carbocycles. The van der Waals surface area contributed by atoms with Crippen LogP contribution in [0.4, 0.5) is 0 Å². The van der Waals surface area contributed by atoms with Gasteiger partial charge in [0.15, 0.2) is 5.16 Å². The number of nitrogens with zero attached hydrogens (tertiary/aromatic N) is 5. The van der Waals surface area contributed by atoms with Crippen molar-refractivity contribution in [3.8, 4) is 6.07 Å². The molecule has 1 amide bonds. The summed E-state index contributed by atoms with van der Waals surface area (Å²) >= 11 is 1.37. The number of aromatic nitrogens is 3. The summed E-state index contributed by atoms with van der Waals surface area (Å²) in [5.41, 5.74) is 1.16. The van der Waals surface area contributed by atoms with Gasteiger partial charge >= 0.3 is 0 Å². The molecule has 0 aliphatic carbocycles. The van der Waals surface area contributed by atoms with Gasteiger partial charge in [-0.1, -0.05) is 42.1 Å². The first-order valence-corrected chi connectivity index (χ1v) is 8.28. The van der Waals surface area contributed by atoms with Crippen molar-refractivity contribution in [2.24, 2.45) is 0 Å². The smallest absolute Gasteiger partial charge is 0.232 e. The number of rotatable bonds is 7. The van der Waals surface area contributed by atoms with E-state index in [1.807, 2.05) is 35.8 Å². The minimum Gasteiger partial charge on any atom is -0.344 e. The van der Waals surface area contributed by atoms with Crippen molar-refractivity contribution < 1.29 is 4.79 Å². The van der Waals surface area contributed by atoms with Crippen LogP contribution in [0, 0.1) is 18.3 Å². The molecule has 0 unspecified atom stereocenters. The molecule has 23 heavy (non-hydrogen) atoms. The predicted octanol–water partition coefficient (Wildman–Crippen LogP) is 2.10. The van der Waals surface area contributed by atoms with Crippen LogP contribution in [0.1, 0.15) is 17.8 Å². The van der Waals surface area contributed by atoms with Crippen LogP contribution in [0.25, 0.3) is 0 Å². The maximum absolute atomic E-state index is 12.0. The van der Waals surface area contributed by atoms with Crippen LogP contribution in [-0.4, -0.2) is 44.9 Å². The lowest BCUT2D eigenvalue weighted by Gasteiger charge is -2.15. The Balaban J connectivity index is 1.99. The maximum atomic E-state index is 12.0. The number of carbonyl (C=O) groups is 1. The second-order valence-corrected chi connectivity index (χ2v) is 6.06. The highest BCUT2D eigenvalue weighted by molar-refractivity contribution is 7.99. The van der Waals surface area contributed by atoms with Gasteiger partial charge in [-0.05, 0) is 12.5 Å².